The molecule has 0 radical (unpaired) electrons. The van der Waals surface area contributed by atoms with Crippen molar-refractivity contribution in [2.75, 3.05) is 33.2 Å². The third-order valence-electron chi connectivity index (χ3n) is 4.13. The standard InChI is InChI=1S/C16H19ClN2O2/c1-11-7-15-13(9-14(11)17)12(10-21-15)8-16(20)19-5-3-18(2)4-6-19/h7,9-10H,3-6,8H2,1-2H3. The number of hydrogen-bond donors (Lipinski definition) is 0. The van der Waals surface area contributed by atoms with Gasteiger partial charge in [-0.05, 0) is 31.7 Å². The molecule has 0 unspecified atom stereocenters. The molecule has 1 aromatic heterocycles. The molecule has 0 saturated carbocycles. The molecule has 1 saturated heterocycles. The van der Waals surface area contributed by atoms with E-state index in [4.69, 9.17) is 16.0 Å². The first-order valence-corrected chi connectivity index (χ1v) is 7.55. The van der Waals surface area contributed by atoms with Crippen LogP contribution >= 0.6 is 11.6 Å². The van der Waals surface area contributed by atoms with Crippen LogP contribution in [0.15, 0.2) is 22.8 Å². The van der Waals surface area contributed by atoms with Crippen molar-refractivity contribution in [3.05, 3.63) is 34.5 Å². The Morgan fingerprint density at radius 1 is 1.29 bits per heavy atom. The smallest absolute Gasteiger partial charge is 0.227 e. The summed E-state index contributed by atoms with van der Waals surface area (Å²) in [4.78, 5) is 16.6. The van der Waals surface area contributed by atoms with Gasteiger partial charge in [-0.25, -0.2) is 0 Å². The number of amides is 1. The highest BCUT2D eigenvalue weighted by Gasteiger charge is 2.20. The Balaban J connectivity index is 1.78. The molecular weight excluding hydrogens is 288 g/mol. The lowest BCUT2D eigenvalue weighted by Gasteiger charge is -2.32. The summed E-state index contributed by atoms with van der Waals surface area (Å²) in [5, 5.41) is 1.64. The van der Waals surface area contributed by atoms with Crippen molar-refractivity contribution >= 4 is 28.5 Å². The molecule has 4 nitrogen and oxygen atoms in total. The fraction of sp³-hybridized carbons (Fsp3) is 0.438. The summed E-state index contributed by atoms with van der Waals surface area (Å²) < 4.78 is 5.55. The number of halogens is 1. The fourth-order valence-corrected chi connectivity index (χ4v) is 2.83. The van der Waals surface area contributed by atoms with Gasteiger partial charge in [0.1, 0.15) is 5.58 Å². The number of likely N-dealkylation sites (N-methyl/N-ethyl adjacent to an activating group) is 1. The maximum Gasteiger partial charge on any atom is 0.227 e. The van der Waals surface area contributed by atoms with Crippen molar-refractivity contribution in [3.8, 4) is 0 Å². The summed E-state index contributed by atoms with van der Waals surface area (Å²) in [6, 6.07) is 3.81. The van der Waals surface area contributed by atoms with Crippen molar-refractivity contribution in [2.45, 2.75) is 13.3 Å². The van der Waals surface area contributed by atoms with Crippen LogP contribution < -0.4 is 0 Å². The maximum absolute atomic E-state index is 12.4. The zero-order chi connectivity index (χ0) is 15.0. The number of carbonyl (C=O) groups is 1. The average Bonchev–Trinajstić information content (AvgIpc) is 2.82. The molecule has 1 fully saturated rings. The van der Waals surface area contributed by atoms with Gasteiger partial charge in [-0.2, -0.15) is 0 Å². The van der Waals surface area contributed by atoms with Gasteiger partial charge < -0.3 is 14.2 Å². The first-order chi connectivity index (χ1) is 10.0. The largest absolute Gasteiger partial charge is 0.464 e. The molecule has 5 heteroatoms. The molecule has 0 N–H and O–H groups in total. The third kappa shape index (κ3) is 2.92. The van der Waals surface area contributed by atoms with Gasteiger partial charge in [0.05, 0.1) is 12.7 Å². The number of benzene rings is 1. The number of carbonyl (C=O) groups excluding carboxylic acids is 1. The Labute approximate surface area is 129 Å². The van der Waals surface area contributed by atoms with Gasteiger partial charge in [0, 0.05) is 42.2 Å². The van der Waals surface area contributed by atoms with Crippen LogP contribution in [0.5, 0.6) is 0 Å². The fourth-order valence-electron chi connectivity index (χ4n) is 2.67. The van der Waals surface area contributed by atoms with Gasteiger partial charge in [-0.15, -0.1) is 0 Å². The van der Waals surface area contributed by atoms with Gasteiger partial charge in [0.25, 0.3) is 0 Å². The van der Waals surface area contributed by atoms with Crippen molar-refractivity contribution in [3.63, 3.8) is 0 Å². The molecule has 1 aromatic carbocycles. The lowest BCUT2D eigenvalue weighted by atomic mass is 10.1. The van der Waals surface area contributed by atoms with Gasteiger partial charge >= 0.3 is 0 Å². The third-order valence-corrected chi connectivity index (χ3v) is 4.54. The van der Waals surface area contributed by atoms with Crippen LogP contribution in [0.4, 0.5) is 0 Å². The van der Waals surface area contributed by atoms with E-state index in [1.807, 2.05) is 24.0 Å². The topological polar surface area (TPSA) is 36.7 Å². The molecule has 1 amide bonds. The first-order valence-electron chi connectivity index (χ1n) is 7.17. The monoisotopic (exact) mass is 306 g/mol. The number of fused-ring (bicyclic) bond motifs is 1. The molecule has 0 bridgehead atoms. The lowest BCUT2D eigenvalue weighted by molar-refractivity contribution is -0.132. The van der Waals surface area contributed by atoms with Crippen molar-refractivity contribution in [2.24, 2.45) is 0 Å². The number of furan rings is 1. The molecule has 0 aliphatic carbocycles. The van der Waals surface area contributed by atoms with E-state index in [1.54, 1.807) is 6.26 Å². The Morgan fingerprint density at radius 2 is 2.00 bits per heavy atom. The Bertz CT molecular complexity index is 672. The average molecular weight is 307 g/mol. The molecule has 0 spiro atoms. The molecule has 2 aromatic rings. The van der Waals surface area contributed by atoms with Gasteiger partial charge in [-0.3, -0.25) is 4.79 Å². The maximum atomic E-state index is 12.4. The summed E-state index contributed by atoms with van der Waals surface area (Å²) in [6.07, 6.45) is 2.05. The Morgan fingerprint density at radius 3 is 2.71 bits per heavy atom. The summed E-state index contributed by atoms with van der Waals surface area (Å²) in [5.74, 6) is 0.155. The van der Waals surface area contributed by atoms with Crippen LogP contribution in [-0.4, -0.2) is 48.9 Å². The van der Waals surface area contributed by atoms with Crippen LogP contribution in [0.25, 0.3) is 11.0 Å². The number of nitrogens with zero attached hydrogens (tertiary/aromatic N) is 2. The predicted molar refractivity (Wildman–Crippen MR) is 83.7 cm³/mol. The van der Waals surface area contributed by atoms with Crippen molar-refractivity contribution < 1.29 is 9.21 Å². The molecule has 1 aliphatic rings. The van der Waals surface area contributed by atoms with E-state index in [-0.39, 0.29) is 5.91 Å². The van der Waals surface area contributed by atoms with E-state index < -0.39 is 0 Å². The van der Waals surface area contributed by atoms with Gasteiger partial charge in [0.2, 0.25) is 5.91 Å². The summed E-state index contributed by atoms with van der Waals surface area (Å²) in [7, 11) is 2.08. The van der Waals surface area contributed by atoms with E-state index in [9.17, 15) is 4.79 Å². The molecule has 2 heterocycles. The summed E-state index contributed by atoms with van der Waals surface area (Å²) >= 11 is 6.18. The number of aryl methyl sites for hydroxylation is 1. The zero-order valence-electron chi connectivity index (χ0n) is 12.4. The van der Waals surface area contributed by atoms with Crippen LogP contribution in [0, 0.1) is 6.92 Å². The second-order valence-corrected chi connectivity index (χ2v) is 6.13. The SMILES string of the molecule is Cc1cc2occ(CC(=O)N3CCN(C)CC3)c2cc1Cl. The van der Waals surface area contributed by atoms with E-state index in [0.717, 1.165) is 48.3 Å². The van der Waals surface area contributed by atoms with E-state index in [1.165, 1.54) is 0 Å². The quantitative estimate of drug-likeness (QED) is 0.856. The lowest BCUT2D eigenvalue weighted by Crippen LogP contribution is -2.47. The second kappa shape index (κ2) is 5.70. The second-order valence-electron chi connectivity index (χ2n) is 5.72. The summed E-state index contributed by atoms with van der Waals surface area (Å²) in [6.45, 7) is 5.40. The van der Waals surface area contributed by atoms with Gasteiger partial charge in [0.15, 0.2) is 0 Å². The van der Waals surface area contributed by atoms with E-state index in [0.29, 0.717) is 11.4 Å². The van der Waals surface area contributed by atoms with Crippen LogP contribution in [-0.2, 0) is 11.2 Å². The zero-order valence-corrected chi connectivity index (χ0v) is 13.1. The molecule has 112 valence electrons. The minimum Gasteiger partial charge on any atom is -0.464 e. The van der Waals surface area contributed by atoms with Crippen LogP contribution in [0.3, 0.4) is 0 Å². The van der Waals surface area contributed by atoms with Crippen molar-refractivity contribution in [1.82, 2.24) is 9.80 Å². The van der Waals surface area contributed by atoms with E-state index >= 15 is 0 Å². The molecule has 21 heavy (non-hydrogen) atoms. The highest BCUT2D eigenvalue weighted by atomic mass is 35.5. The highest BCUT2D eigenvalue weighted by Crippen LogP contribution is 2.28. The van der Waals surface area contributed by atoms with Crippen LogP contribution in [0.2, 0.25) is 5.02 Å². The minimum atomic E-state index is 0.155. The highest BCUT2D eigenvalue weighted by molar-refractivity contribution is 6.32. The Kier molecular flexibility index (Phi) is 3.91. The predicted octanol–water partition coefficient (Wildman–Crippen LogP) is 2.71. The van der Waals surface area contributed by atoms with E-state index in [2.05, 4.69) is 11.9 Å². The number of hydrogen-bond acceptors (Lipinski definition) is 3. The number of piperazine rings is 1. The Hall–Kier alpha value is -1.52. The van der Waals surface area contributed by atoms with Crippen molar-refractivity contribution in [1.29, 1.82) is 0 Å². The molecular formula is C16H19ClN2O2. The summed E-state index contributed by atoms with van der Waals surface area (Å²) in [5.41, 5.74) is 2.68. The molecule has 0 atom stereocenters. The van der Waals surface area contributed by atoms with Crippen LogP contribution in [0.1, 0.15) is 11.1 Å². The normalized spacial score (nSPS) is 16.6. The molecule has 3 rings (SSSR count). The molecule has 1 aliphatic heterocycles. The first kappa shape index (κ1) is 14.4. The number of rotatable bonds is 2. The van der Waals surface area contributed by atoms with Gasteiger partial charge in [-0.1, -0.05) is 11.6 Å². The minimum absolute atomic E-state index is 0.155.